The molecule has 3 aromatic heterocycles. The van der Waals surface area contributed by atoms with Gasteiger partial charge in [-0.2, -0.15) is 12.1 Å². The van der Waals surface area contributed by atoms with Crippen LogP contribution in [0.5, 0.6) is 11.5 Å². The van der Waals surface area contributed by atoms with Gasteiger partial charge in [0.05, 0.1) is 0 Å². The summed E-state index contributed by atoms with van der Waals surface area (Å²) in [5.41, 5.74) is 15.8. The molecule has 0 radical (unpaired) electrons. The Morgan fingerprint density at radius 1 is 0.415 bits per heavy atom. The zero-order valence-electron chi connectivity index (χ0n) is 49.1. The summed E-state index contributed by atoms with van der Waals surface area (Å²) in [5.74, 6) is 2.02. The number of fused-ring (bicyclic) bond motifs is 10. The SMILES string of the molecule is CC(C)(C)c1cc(-c2cc(C(C)(C)C)cc(C(C)(C)C)c2)cc(-c2cccc3c4ccccc4c4ccccc4c4cccc5c4n(c23)[CH-]N5c2[c-]c(Oc3[c-]c4c(cc3)c3ccccc3n4-c3cc(C(C)(C)C)ccn3)ccc2)c1.[Pt]. The van der Waals surface area contributed by atoms with Crippen molar-refractivity contribution in [3.63, 3.8) is 0 Å². The van der Waals surface area contributed by atoms with Crippen molar-refractivity contribution in [2.45, 2.75) is 105 Å². The third kappa shape index (κ3) is 9.61. The monoisotopic (exact) mass is 1250 g/mol. The zero-order chi connectivity index (χ0) is 56.3. The Bertz CT molecular complexity index is 4550. The Hall–Kier alpha value is -8.11. The van der Waals surface area contributed by atoms with E-state index in [4.69, 9.17) is 9.72 Å². The summed E-state index contributed by atoms with van der Waals surface area (Å²) >= 11 is 0. The number of nitrogens with zero attached hydrogens (tertiary/aromatic N) is 4. The van der Waals surface area contributed by atoms with Crippen LogP contribution in [0.3, 0.4) is 0 Å². The molecule has 0 spiro atoms. The quantitative estimate of drug-likeness (QED) is 0.156. The molecule has 1 aliphatic heterocycles. The first-order valence-corrected chi connectivity index (χ1v) is 28.5. The van der Waals surface area contributed by atoms with Gasteiger partial charge in [0.25, 0.3) is 0 Å². The van der Waals surface area contributed by atoms with E-state index < -0.39 is 0 Å². The summed E-state index contributed by atoms with van der Waals surface area (Å²) in [4.78, 5) is 7.20. The maximum absolute atomic E-state index is 6.84. The molecule has 9 aromatic carbocycles. The first-order chi connectivity index (χ1) is 38.7. The largest absolute Gasteiger partial charge is 0.509 e. The molecule has 412 valence electrons. The molecular formula is C76H69N4OPt-3. The number of para-hydroxylation sites is 3. The minimum absolute atomic E-state index is 0. The van der Waals surface area contributed by atoms with Gasteiger partial charge >= 0.3 is 0 Å². The van der Waals surface area contributed by atoms with Crippen LogP contribution in [-0.2, 0) is 42.7 Å². The average molecular weight is 1250 g/mol. The summed E-state index contributed by atoms with van der Waals surface area (Å²) in [6.45, 7) is 29.9. The van der Waals surface area contributed by atoms with E-state index in [1.165, 1.54) is 60.5 Å². The van der Waals surface area contributed by atoms with Crippen molar-refractivity contribution in [2.75, 3.05) is 4.90 Å². The zero-order valence-corrected chi connectivity index (χ0v) is 51.3. The van der Waals surface area contributed by atoms with Crippen LogP contribution in [0.4, 0.5) is 11.4 Å². The predicted octanol–water partition coefficient (Wildman–Crippen LogP) is 20.8. The van der Waals surface area contributed by atoms with E-state index in [1.807, 2.05) is 18.3 Å². The fourth-order valence-electron chi connectivity index (χ4n) is 11.9. The molecule has 13 rings (SSSR count). The van der Waals surface area contributed by atoms with Crippen LogP contribution >= 0.6 is 0 Å². The number of ether oxygens (including phenoxy) is 1. The van der Waals surface area contributed by atoms with Gasteiger partial charge in [-0.1, -0.05) is 222 Å². The minimum atomic E-state index is -0.134. The van der Waals surface area contributed by atoms with Gasteiger partial charge in [0.1, 0.15) is 5.82 Å². The normalized spacial score (nSPS) is 12.9. The van der Waals surface area contributed by atoms with Crippen molar-refractivity contribution in [3.05, 3.63) is 235 Å². The van der Waals surface area contributed by atoms with Crippen LogP contribution < -0.4 is 9.64 Å². The molecule has 5 nitrogen and oxygen atoms in total. The van der Waals surface area contributed by atoms with E-state index in [2.05, 4.69) is 292 Å². The van der Waals surface area contributed by atoms with Gasteiger partial charge in [0.2, 0.25) is 0 Å². The smallest absolute Gasteiger partial charge is 0.135 e. The Kier molecular flexibility index (Phi) is 13.4. The Morgan fingerprint density at radius 2 is 0.927 bits per heavy atom. The third-order valence-electron chi connectivity index (χ3n) is 16.5. The van der Waals surface area contributed by atoms with Crippen molar-refractivity contribution in [2.24, 2.45) is 0 Å². The molecule has 0 bridgehead atoms. The van der Waals surface area contributed by atoms with Crippen molar-refractivity contribution in [3.8, 4) is 39.6 Å². The Morgan fingerprint density at radius 3 is 1.56 bits per heavy atom. The number of anilines is 2. The van der Waals surface area contributed by atoms with Gasteiger partial charge in [-0.3, -0.25) is 0 Å². The van der Waals surface area contributed by atoms with Gasteiger partial charge < -0.3 is 18.8 Å². The van der Waals surface area contributed by atoms with E-state index in [9.17, 15) is 0 Å². The maximum Gasteiger partial charge on any atom is 0.135 e. The van der Waals surface area contributed by atoms with Gasteiger partial charge in [-0.25, -0.2) is 4.98 Å². The molecule has 0 N–H and O–H groups in total. The molecule has 12 aromatic rings. The minimum Gasteiger partial charge on any atom is -0.509 e. The van der Waals surface area contributed by atoms with Crippen molar-refractivity contribution in [1.29, 1.82) is 0 Å². The predicted molar refractivity (Wildman–Crippen MR) is 342 cm³/mol. The summed E-state index contributed by atoms with van der Waals surface area (Å²) in [5, 5.41) is 9.25. The van der Waals surface area contributed by atoms with E-state index in [0.717, 1.165) is 66.4 Å². The van der Waals surface area contributed by atoms with Gasteiger partial charge in [0.15, 0.2) is 0 Å². The Labute approximate surface area is 497 Å². The topological polar surface area (TPSA) is 35.2 Å². The van der Waals surface area contributed by atoms with Crippen LogP contribution in [0, 0.1) is 18.8 Å². The number of benzene rings is 9. The molecule has 0 saturated carbocycles. The summed E-state index contributed by atoms with van der Waals surface area (Å²) in [7, 11) is 0. The van der Waals surface area contributed by atoms with Gasteiger partial charge in [0, 0.05) is 50.0 Å². The molecule has 4 heterocycles. The second-order valence-corrected chi connectivity index (χ2v) is 26.3. The first-order valence-electron chi connectivity index (χ1n) is 28.5. The second-order valence-electron chi connectivity index (χ2n) is 26.3. The van der Waals surface area contributed by atoms with E-state index in [0.29, 0.717) is 11.5 Å². The van der Waals surface area contributed by atoms with Crippen LogP contribution in [0.2, 0.25) is 0 Å². The molecular weight excluding hydrogens is 1180 g/mol. The summed E-state index contributed by atoms with van der Waals surface area (Å²) < 4.78 is 11.5. The summed E-state index contributed by atoms with van der Waals surface area (Å²) in [6, 6.07) is 76.6. The molecule has 0 atom stereocenters. The number of rotatable bonds is 6. The van der Waals surface area contributed by atoms with Crippen molar-refractivity contribution >= 4 is 76.5 Å². The fraction of sp³-hybridized carbons (Fsp3) is 0.211. The molecule has 0 unspecified atom stereocenters. The molecule has 6 heteroatoms. The number of aromatic nitrogens is 3. The number of hydrogen-bond donors (Lipinski definition) is 0. The number of pyridine rings is 1. The van der Waals surface area contributed by atoms with Crippen LogP contribution in [0.15, 0.2) is 194 Å². The molecule has 0 amide bonds. The molecule has 0 aliphatic carbocycles. The molecule has 0 saturated heterocycles. The molecule has 1 aliphatic rings. The molecule has 82 heavy (non-hydrogen) atoms. The fourth-order valence-corrected chi connectivity index (χ4v) is 11.9. The van der Waals surface area contributed by atoms with Crippen LogP contribution in [-0.4, -0.2) is 14.1 Å². The first kappa shape index (κ1) is 54.5. The Balaban J connectivity index is 0.00000665. The average Bonchev–Trinajstić information content (AvgIpc) is 3.22. The van der Waals surface area contributed by atoms with E-state index >= 15 is 0 Å². The van der Waals surface area contributed by atoms with Gasteiger partial charge in [-0.15, -0.1) is 35.7 Å². The van der Waals surface area contributed by atoms with E-state index in [-0.39, 0.29) is 42.7 Å². The van der Waals surface area contributed by atoms with E-state index in [1.54, 1.807) is 0 Å². The standard InChI is InChI=1S/C76H69N4O.Pt/c1-73(2,3)51-36-37-77-70(44-51)80-67-32-18-17-28-63(67)64-35-34-57(46-69(64)80)81-56-23-19-22-55(45-56)78-47-79-71-58(50-38-48(39-52(42-50)74(4,5)6)49-40-53(75(7,8)9)43-54(41-49)76(10,11)12)29-20-30-65(71)61-26-15-13-24-59(61)60-25-14-16-27-62(60)66-31-21-33-68(78)72(66)79;/h13-44,47H,1-12H3;/q-3;. The summed E-state index contributed by atoms with van der Waals surface area (Å²) in [6.07, 6.45) is 1.91. The number of hydrogen-bond acceptors (Lipinski definition) is 3. The van der Waals surface area contributed by atoms with Gasteiger partial charge in [-0.05, 0) is 152 Å². The van der Waals surface area contributed by atoms with Crippen LogP contribution in [0.1, 0.15) is 105 Å². The van der Waals surface area contributed by atoms with Crippen LogP contribution in [0.25, 0.3) is 93.2 Å². The maximum atomic E-state index is 6.84. The molecule has 0 fully saturated rings. The third-order valence-corrected chi connectivity index (χ3v) is 16.5. The van der Waals surface area contributed by atoms with Crippen molar-refractivity contribution in [1.82, 2.24) is 14.1 Å². The van der Waals surface area contributed by atoms with Crippen molar-refractivity contribution < 1.29 is 25.8 Å². The second kappa shape index (κ2) is 20.1.